The van der Waals surface area contributed by atoms with E-state index in [2.05, 4.69) is 24.1 Å². The Morgan fingerprint density at radius 1 is 1.30 bits per heavy atom. The Labute approximate surface area is 123 Å². The van der Waals surface area contributed by atoms with Crippen molar-refractivity contribution >= 4 is 11.3 Å². The van der Waals surface area contributed by atoms with Gasteiger partial charge in [0.15, 0.2) is 0 Å². The van der Waals surface area contributed by atoms with Crippen molar-refractivity contribution in [3.05, 3.63) is 51.7 Å². The summed E-state index contributed by atoms with van der Waals surface area (Å²) in [5.41, 5.74) is 1.18. The number of benzene rings is 1. The molecule has 4 heteroatoms. The zero-order valence-electron chi connectivity index (χ0n) is 11.8. The summed E-state index contributed by atoms with van der Waals surface area (Å²) in [6.45, 7) is 4.23. The summed E-state index contributed by atoms with van der Waals surface area (Å²) in [4.78, 5) is 5.69. The third-order valence-corrected chi connectivity index (χ3v) is 4.86. The number of hydrogen-bond acceptors (Lipinski definition) is 3. The highest BCUT2D eigenvalue weighted by Gasteiger charge is 2.33. The summed E-state index contributed by atoms with van der Waals surface area (Å²) in [7, 11) is 0. The lowest BCUT2D eigenvalue weighted by atomic mass is 10.0. The van der Waals surface area contributed by atoms with Crippen molar-refractivity contribution < 1.29 is 4.39 Å². The molecule has 1 heterocycles. The summed E-state index contributed by atoms with van der Waals surface area (Å²) in [5, 5.41) is 4.79. The van der Waals surface area contributed by atoms with E-state index in [9.17, 15) is 4.39 Å². The van der Waals surface area contributed by atoms with E-state index in [0.29, 0.717) is 12.0 Å². The van der Waals surface area contributed by atoms with Crippen LogP contribution in [0.1, 0.15) is 47.3 Å². The van der Waals surface area contributed by atoms with Crippen LogP contribution in [0.2, 0.25) is 0 Å². The third-order valence-electron chi connectivity index (χ3n) is 3.76. The van der Waals surface area contributed by atoms with Crippen molar-refractivity contribution in [3.63, 3.8) is 0 Å². The Hall–Kier alpha value is -1.26. The van der Waals surface area contributed by atoms with E-state index < -0.39 is 0 Å². The number of hydrogen-bond donors (Lipinski definition) is 1. The molecule has 2 atom stereocenters. The lowest BCUT2D eigenvalue weighted by molar-refractivity contribution is 0.426. The first kappa shape index (κ1) is 13.7. The Morgan fingerprint density at radius 2 is 2.00 bits per heavy atom. The molecule has 2 nitrogen and oxygen atoms in total. The van der Waals surface area contributed by atoms with Crippen molar-refractivity contribution in [3.8, 4) is 0 Å². The second-order valence-electron chi connectivity index (χ2n) is 5.56. The average molecular weight is 290 g/mol. The van der Waals surface area contributed by atoms with Gasteiger partial charge in [0.25, 0.3) is 0 Å². The van der Waals surface area contributed by atoms with Gasteiger partial charge in [-0.05, 0) is 50.3 Å². The predicted molar refractivity (Wildman–Crippen MR) is 80.3 cm³/mol. The van der Waals surface area contributed by atoms with Gasteiger partial charge in [-0.2, -0.15) is 0 Å². The zero-order chi connectivity index (χ0) is 14.1. The molecule has 1 aliphatic carbocycles. The third kappa shape index (κ3) is 3.07. The molecule has 0 saturated heterocycles. The minimum absolute atomic E-state index is 0.174. The summed E-state index contributed by atoms with van der Waals surface area (Å²) < 4.78 is 13.1. The van der Waals surface area contributed by atoms with Gasteiger partial charge in [0.2, 0.25) is 0 Å². The van der Waals surface area contributed by atoms with Crippen LogP contribution in [0.15, 0.2) is 30.5 Å². The molecule has 1 saturated carbocycles. The lowest BCUT2D eigenvalue weighted by Crippen LogP contribution is -2.26. The number of halogens is 1. The molecular formula is C16H19FN2S. The summed E-state index contributed by atoms with van der Waals surface area (Å²) in [5.74, 6) is 0.496. The van der Waals surface area contributed by atoms with E-state index in [1.807, 2.05) is 18.3 Å². The molecule has 0 radical (unpaired) electrons. The van der Waals surface area contributed by atoms with E-state index in [0.717, 1.165) is 5.01 Å². The largest absolute Gasteiger partial charge is 0.301 e. The van der Waals surface area contributed by atoms with Crippen LogP contribution < -0.4 is 5.32 Å². The van der Waals surface area contributed by atoms with Crippen molar-refractivity contribution in [1.82, 2.24) is 10.3 Å². The molecule has 20 heavy (non-hydrogen) atoms. The second kappa shape index (κ2) is 5.62. The zero-order valence-corrected chi connectivity index (χ0v) is 12.6. The Kier molecular flexibility index (Phi) is 3.85. The van der Waals surface area contributed by atoms with E-state index in [4.69, 9.17) is 0 Å². The maximum atomic E-state index is 13.1. The molecule has 0 amide bonds. The van der Waals surface area contributed by atoms with Gasteiger partial charge >= 0.3 is 0 Å². The van der Waals surface area contributed by atoms with E-state index in [1.165, 1.54) is 23.3 Å². The summed E-state index contributed by atoms with van der Waals surface area (Å²) in [6.07, 6.45) is 4.42. The minimum atomic E-state index is -0.174. The Morgan fingerprint density at radius 3 is 2.55 bits per heavy atom. The first-order valence-corrected chi connectivity index (χ1v) is 7.89. The molecule has 1 aliphatic rings. The maximum absolute atomic E-state index is 13.1. The van der Waals surface area contributed by atoms with Crippen LogP contribution in [0.4, 0.5) is 4.39 Å². The fourth-order valence-electron chi connectivity index (χ4n) is 2.52. The van der Waals surface area contributed by atoms with Gasteiger partial charge < -0.3 is 5.32 Å². The number of thiazole rings is 1. The fraction of sp³-hybridized carbons (Fsp3) is 0.438. The molecule has 106 valence electrons. The SMILES string of the molecule is Cc1cnc(C(C)NC(c2ccc(F)cc2)C2CC2)s1. The number of nitrogens with zero attached hydrogens (tertiary/aromatic N) is 1. The molecule has 3 rings (SSSR count). The van der Waals surface area contributed by atoms with Crippen LogP contribution in [0.5, 0.6) is 0 Å². The van der Waals surface area contributed by atoms with Crippen molar-refractivity contribution in [2.24, 2.45) is 5.92 Å². The molecule has 2 unspecified atom stereocenters. The molecule has 0 aliphatic heterocycles. The number of rotatable bonds is 5. The molecule has 0 bridgehead atoms. The predicted octanol–water partition coefficient (Wildman–Crippen LogP) is 4.39. The van der Waals surface area contributed by atoms with E-state index in [-0.39, 0.29) is 11.9 Å². The molecule has 2 aromatic rings. The topological polar surface area (TPSA) is 24.9 Å². The average Bonchev–Trinajstić information content (AvgIpc) is 3.18. The smallest absolute Gasteiger partial charge is 0.123 e. The highest BCUT2D eigenvalue weighted by Crippen LogP contribution is 2.42. The summed E-state index contributed by atoms with van der Waals surface area (Å²) in [6, 6.07) is 7.41. The first-order valence-electron chi connectivity index (χ1n) is 7.07. The van der Waals surface area contributed by atoms with Gasteiger partial charge in [-0.1, -0.05) is 12.1 Å². The molecule has 1 fully saturated rings. The highest BCUT2D eigenvalue weighted by molar-refractivity contribution is 7.11. The normalized spacial score (nSPS) is 17.9. The quantitative estimate of drug-likeness (QED) is 0.883. The number of nitrogens with one attached hydrogen (secondary N) is 1. The van der Waals surface area contributed by atoms with Gasteiger partial charge in [0.05, 0.1) is 6.04 Å². The van der Waals surface area contributed by atoms with Crippen molar-refractivity contribution in [2.75, 3.05) is 0 Å². The van der Waals surface area contributed by atoms with Crippen LogP contribution in [-0.2, 0) is 0 Å². The van der Waals surface area contributed by atoms with E-state index >= 15 is 0 Å². The van der Waals surface area contributed by atoms with Gasteiger partial charge in [0, 0.05) is 17.1 Å². The van der Waals surface area contributed by atoms with Gasteiger partial charge in [-0.25, -0.2) is 9.37 Å². The molecule has 0 spiro atoms. The number of aromatic nitrogens is 1. The second-order valence-corrected chi connectivity index (χ2v) is 6.83. The molecule has 1 N–H and O–H groups in total. The van der Waals surface area contributed by atoms with Gasteiger partial charge in [-0.15, -0.1) is 11.3 Å². The van der Waals surface area contributed by atoms with E-state index in [1.54, 1.807) is 23.5 Å². The van der Waals surface area contributed by atoms with Crippen LogP contribution in [0, 0.1) is 18.7 Å². The summed E-state index contributed by atoms with van der Waals surface area (Å²) >= 11 is 1.73. The highest BCUT2D eigenvalue weighted by atomic mass is 32.1. The molecular weight excluding hydrogens is 271 g/mol. The fourth-order valence-corrected chi connectivity index (χ4v) is 3.30. The molecule has 1 aromatic heterocycles. The molecule has 1 aromatic carbocycles. The van der Waals surface area contributed by atoms with Crippen molar-refractivity contribution in [2.45, 2.75) is 38.8 Å². The van der Waals surface area contributed by atoms with Crippen LogP contribution in [0.25, 0.3) is 0 Å². The van der Waals surface area contributed by atoms with Crippen LogP contribution >= 0.6 is 11.3 Å². The minimum Gasteiger partial charge on any atom is -0.301 e. The first-order chi connectivity index (χ1) is 9.63. The number of aryl methyl sites for hydroxylation is 1. The Bertz CT molecular complexity index is 574. The monoisotopic (exact) mass is 290 g/mol. The van der Waals surface area contributed by atoms with Crippen molar-refractivity contribution in [1.29, 1.82) is 0 Å². The maximum Gasteiger partial charge on any atom is 0.123 e. The standard InChI is InChI=1S/C16H19FN2S/c1-10-9-18-16(20-10)11(2)19-15(12-3-4-12)13-5-7-14(17)8-6-13/h5-9,11-12,15,19H,3-4H2,1-2H3. The van der Waals surface area contributed by atoms with Gasteiger partial charge in [0.1, 0.15) is 10.8 Å². The Balaban J connectivity index is 1.76. The lowest BCUT2D eigenvalue weighted by Gasteiger charge is -2.22. The van der Waals surface area contributed by atoms with Crippen LogP contribution in [-0.4, -0.2) is 4.98 Å². The van der Waals surface area contributed by atoms with Crippen LogP contribution in [0.3, 0.4) is 0 Å². The van der Waals surface area contributed by atoms with Gasteiger partial charge in [-0.3, -0.25) is 0 Å².